The average Bonchev–Trinajstić information content (AvgIpc) is 2.57. The van der Waals surface area contributed by atoms with E-state index >= 15 is 0 Å². The summed E-state index contributed by atoms with van der Waals surface area (Å²) in [4.78, 5) is 6.19. The van der Waals surface area contributed by atoms with Crippen LogP contribution in [0.4, 0.5) is 0 Å². The molecular weight excluding hydrogens is 180 g/mol. The summed E-state index contributed by atoms with van der Waals surface area (Å²) in [5, 5.41) is 1.30. The van der Waals surface area contributed by atoms with E-state index in [9.17, 15) is 0 Å². The Morgan fingerprint density at radius 3 is 2.92 bits per heavy atom. The van der Waals surface area contributed by atoms with E-state index in [4.69, 9.17) is 5.73 Å². The highest BCUT2D eigenvalue weighted by Gasteiger charge is 2.14. The molecule has 0 unspecified atom stereocenters. The summed E-state index contributed by atoms with van der Waals surface area (Å²) in [6.07, 6.45) is 7.29. The van der Waals surface area contributed by atoms with E-state index in [1.54, 1.807) is 4.88 Å². The zero-order valence-corrected chi connectivity index (χ0v) is 8.70. The van der Waals surface area contributed by atoms with E-state index in [1.165, 1.54) is 36.4 Å². The topological polar surface area (TPSA) is 38.9 Å². The van der Waals surface area contributed by atoms with Gasteiger partial charge in [0.05, 0.1) is 10.7 Å². The van der Waals surface area contributed by atoms with Crippen molar-refractivity contribution in [2.45, 2.75) is 38.5 Å². The third-order valence-electron chi connectivity index (χ3n) is 2.48. The van der Waals surface area contributed by atoms with Gasteiger partial charge >= 0.3 is 0 Å². The summed E-state index contributed by atoms with van der Waals surface area (Å²) >= 11 is 1.91. The van der Waals surface area contributed by atoms with Crippen LogP contribution in [0, 0.1) is 0 Å². The Morgan fingerprint density at radius 2 is 2.15 bits per heavy atom. The summed E-state index contributed by atoms with van der Waals surface area (Å²) in [5.74, 6) is 0. The molecule has 72 valence electrons. The number of hydrogen-bond acceptors (Lipinski definition) is 3. The fourth-order valence-corrected chi connectivity index (χ4v) is 2.96. The van der Waals surface area contributed by atoms with Crippen LogP contribution in [0.5, 0.6) is 0 Å². The predicted octanol–water partition coefficient (Wildman–Crippen LogP) is 1.91. The van der Waals surface area contributed by atoms with Crippen LogP contribution in [0.2, 0.25) is 0 Å². The summed E-state index contributed by atoms with van der Waals surface area (Å²) in [6, 6.07) is 0. The first kappa shape index (κ1) is 9.16. The zero-order valence-electron chi connectivity index (χ0n) is 7.88. The third-order valence-corrected chi connectivity index (χ3v) is 3.70. The van der Waals surface area contributed by atoms with Gasteiger partial charge in [-0.05, 0) is 38.6 Å². The molecule has 3 heteroatoms. The molecule has 1 heterocycles. The van der Waals surface area contributed by atoms with E-state index in [1.807, 2.05) is 11.3 Å². The highest BCUT2D eigenvalue weighted by Crippen LogP contribution is 2.26. The van der Waals surface area contributed by atoms with Crippen LogP contribution in [0.3, 0.4) is 0 Å². The van der Waals surface area contributed by atoms with Gasteiger partial charge in [-0.2, -0.15) is 0 Å². The lowest BCUT2D eigenvalue weighted by Crippen LogP contribution is -2.01. The van der Waals surface area contributed by atoms with E-state index < -0.39 is 0 Å². The number of thiazole rings is 1. The summed E-state index contributed by atoms with van der Waals surface area (Å²) in [5.41, 5.74) is 6.85. The molecule has 0 bridgehead atoms. The molecule has 2 rings (SSSR count). The van der Waals surface area contributed by atoms with Crippen LogP contribution in [-0.2, 0) is 19.3 Å². The van der Waals surface area contributed by atoms with Gasteiger partial charge in [-0.15, -0.1) is 11.3 Å². The van der Waals surface area contributed by atoms with Crippen LogP contribution >= 0.6 is 11.3 Å². The minimum absolute atomic E-state index is 0.782. The SMILES string of the molecule is NCCCc1nc2c(s1)CCCC2. The molecule has 0 spiro atoms. The second-order valence-electron chi connectivity index (χ2n) is 3.58. The van der Waals surface area contributed by atoms with Crippen LogP contribution in [0.1, 0.15) is 34.8 Å². The maximum absolute atomic E-state index is 5.48. The van der Waals surface area contributed by atoms with Crippen LogP contribution in [-0.4, -0.2) is 11.5 Å². The zero-order chi connectivity index (χ0) is 9.10. The number of nitrogens with two attached hydrogens (primary N) is 1. The molecule has 0 atom stereocenters. The minimum Gasteiger partial charge on any atom is -0.330 e. The molecule has 0 aromatic carbocycles. The molecule has 2 N–H and O–H groups in total. The fourth-order valence-electron chi connectivity index (χ4n) is 1.77. The number of fused-ring (bicyclic) bond motifs is 1. The van der Waals surface area contributed by atoms with E-state index in [0.29, 0.717) is 0 Å². The maximum Gasteiger partial charge on any atom is 0.0931 e. The van der Waals surface area contributed by atoms with Crippen molar-refractivity contribution in [2.24, 2.45) is 5.73 Å². The molecule has 13 heavy (non-hydrogen) atoms. The van der Waals surface area contributed by atoms with Crippen LogP contribution in [0.25, 0.3) is 0 Å². The monoisotopic (exact) mass is 196 g/mol. The standard InChI is InChI=1S/C10H16N2S/c11-7-3-6-10-12-8-4-1-2-5-9(8)13-10/h1-7,11H2. The second kappa shape index (κ2) is 4.20. The van der Waals surface area contributed by atoms with Gasteiger partial charge in [0.25, 0.3) is 0 Å². The quantitative estimate of drug-likeness (QED) is 0.802. The van der Waals surface area contributed by atoms with Gasteiger partial charge in [0.15, 0.2) is 0 Å². The van der Waals surface area contributed by atoms with Crippen molar-refractivity contribution in [3.8, 4) is 0 Å². The molecule has 1 aliphatic carbocycles. The average molecular weight is 196 g/mol. The lowest BCUT2D eigenvalue weighted by molar-refractivity contribution is 0.679. The molecular formula is C10H16N2S. The largest absolute Gasteiger partial charge is 0.330 e. The molecule has 1 aromatic rings. The first-order chi connectivity index (χ1) is 6.40. The number of hydrogen-bond donors (Lipinski definition) is 1. The Hall–Kier alpha value is -0.410. The van der Waals surface area contributed by atoms with E-state index in [2.05, 4.69) is 4.98 Å². The number of aryl methyl sites for hydroxylation is 3. The third kappa shape index (κ3) is 2.09. The lowest BCUT2D eigenvalue weighted by Gasteiger charge is -2.06. The molecule has 0 radical (unpaired) electrons. The molecule has 0 saturated carbocycles. The molecule has 1 aliphatic rings. The van der Waals surface area contributed by atoms with E-state index in [0.717, 1.165) is 19.4 Å². The van der Waals surface area contributed by atoms with Crippen molar-refractivity contribution in [3.63, 3.8) is 0 Å². The Kier molecular flexibility index (Phi) is 2.96. The lowest BCUT2D eigenvalue weighted by atomic mass is 10.0. The van der Waals surface area contributed by atoms with Crippen molar-refractivity contribution >= 4 is 11.3 Å². The molecule has 0 amide bonds. The summed E-state index contributed by atoms with van der Waals surface area (Å²) < 4.78 is 0. The van der Waals surface area contributed by atoms with Gasteiger partial charge in [-0.3, -0.25) is 0 Å². The Labute approximate surface area is 83.2 Å². The summed E-state index contributed by atoms with van der Waals surface area (Å²) in [7, 11) is 0. The van der Waals surface area contributed by atoms with Gasteiger partial charge in [-0.25, -0.2) is 4.98 Å². The molecule has 0 aliphatic heterocycles. The van der Waals surface area contributed by atoms with Crippen molar-refractivity contribution in [1.82, 2.24) is 4.98 Å². The first-order valence-corrected chi connectivity index (χ1v) is 5.89. The van der Waals surface area contributed by atoms with Gasteiger partial charge < -0.3 is 5.73 Å². The van der Waals surface area contributed by atoms with Crippen molar-refractivity contribution in [1.29, 1.82) is 0 Å². The van der Waals surface area contributed by atoms with Crippen molar-refractivity contribution < 1.29 is 0 Å². The van der Waals surface area contributed by atoms with Crippen molar-refractivity contribution in [2.75, 3.05) is 6.54 Å². The van der Waals surface area contributed by atoms with Gasteiger partial charge in [0, 0.05) is 11.3 Å². The second-order valence-corrected chi connectivity index (χ2v) is 4.74. The Bertz CT molecular complexity index is 257. The smallest absolute Gasteiger partial charge is 0.0931 e. The predicted molar refractivity (Wildman–Crippen MR) is 56.1 cm³/mol. The van der Waals surface area contributed by atoms with E-state index in [-0.39, 0.29) is 0 Å². The number of rotatable bonds is 3. The molecule has 0 saturated heterocycles. The van der Waals surface area contributed by atoms with Crippen LogP contribution < -0.4 is 5.73 Å². The number of nitrogens with zero attached hydrogens (tertiary/aromatic N) is 1. The molecule has 2 nitrogen and oxygen atoms in total. The Balaban J connectivity index is 2.07. The highest BCUT2D eigenvalue weighted by molar-refractivity contribution is 7.11. The maximum atomic E-state index is 5.48. The highest BCUT2D eigenvalue weighted by atomic mass is 32.1. The van der Waals surface area contributed by atoms with Crippen molar-refractivity contribution in [3.05, 3.63) is 15.6 Å². The first-order valence-electron chi connectivity index (χ1n) is 5.07. The number of aromatic nitrogens is 1. The van der Waals surface area contributed by atoms with Gasteiger partial charge in [0.1, 0.15) is 0 Å². The van der Waals surface area contributed by atoms with Crippen LogP contribution in [0.15, 0.2) is 0 Å². The normalized spacial score (nSPS) is 15.8. The molecule has 0 fully saturated rings. The van der Waals surface area contributed by atoms with Gasteiger partial charge in [0.2, 0.25) is 0 Å². The minimum atomic E-state index is 0.782. The Morgan fingerprint density at radius 1 is 1.31 bits per heavy atom. The molecule has 1 aromatic heterocycles. The summed E-state index contributed by atoms with van der Waals surface area (Å²) in [6.45, 7) is 0.782. The fraction of sp³-hybridized carbons (Fsp3) is 0.700. The van der Waals surface area contributed by atoms with Gasteiger partial charge in [-0.1, -0.05) is 0 Å².